The van der Waals surface area contributed by atoms with Crippen molar-refractivity contribution >= 4 is 50.0 Å². The number of hydrogen-bond acceptors (Lipinski definition) is 6. The molecule has 8 nitrogen and oxygen atoms in total. The van der Waals surface area contributed by atoms with E-state index in [9.17, 15) is 13.2 Å². The zero-order valence-electron chi connectivity index (χ0n) is 16.2. The van der Waals surface area contributed by atoms with Gasteiger partial charge in [0.1, 0.15) is 0 Å². The molecule has 0 fully saturated rings. The summed E-state index contributed by atoms with van der Waals surface area (Å²) in [5.41, 5.74) is 2.04. The Hall–Kier alpha value is -2.88. The first kappa shape index (κ1) is 21.8. The number of carbonyl (C=O) groups is 1. The molecule has 30 heavy (non-hydrogen) atoms. The van der Waals surface area contributed by atoms with E-state index < -0.39 is 16.1 Å². The Labute approximate surface area is 179 Å². The van der Waals surface area contributed by atoms with E-state index in [0.29, 0.717) is 17.3 Å². The van der Waals surface area contributed by atoms with Gasteiger partial charge in [-0.1, -0.05) is 11.6 Å². The van der Waals surface area contributed by atoms with E-state index in [4.69, 9.17) is 16.3 Å². The van der Waals surface area contributed by atoms with Crippen molar-refractivity contribution < 1.29 is 17.9 Å². The summed E-state index contributed by atoms with van der Waals surface area (Å²) >= 11 is 5.99. The third kappa shape index (κ3) is 5.59. The minimum atomic E-state index is -3.68. The van der Waals surface area contributed by atoms with E-state index >= 15 is 0 Å². The van der Waals surface area contributed by atoms with Crippen LogP contribution in [-0.2, 0) is 14.8 Å². The second-order valence-corrected chi connectivity index (χ2v) is 8.42. The molecule has 0 aliphatic rings. The monoisotopic (exact) mass is 448 g/mol. The van der Waals surface area contributed by atoms with Gasteiger partial charge >= 0.3 is 6.09 Å². The first-order chi connectivity index (χ1) is 14.4. The maximum absolute atomic E-state index is 12.5. The van der Waals surface area contributed by atoms with Gasteiger partial charge in [-0.3, -0.25) is 10.3 Å². The molecule has 158 valence electrons. The lowest BCUT2D eigenvalue weighted by Gasteiger charge is -2.11. The van der Waals surface area contributed by atoms with Gasteiger partial charge < -0.3 is 10.1 Å². The Balaban J connectivity index is 1.56. The van der Waals surface area contributed by atoms with Crippen molar-refractivity contribution in [3.8, 4) is 0 Å². The van der Waals surface area contributed by atoms with E-state index in [1.807, 2.05) is 12.1 Å². The van der Waals surface area contributed by atoms with E-state index in [0.717, 1.165) is 16.6 Å². The van der Waals surface area contributed by atoms with Crippen LogP contribution in [0, 0.1) is 0 Å². The number of halogens is 1. The fraction of sp³-hybridized carbons (Fsp3) is 0.200. The van der Waals surface area contributed by atoms with Crippen LogP contribution in [0.1, 0.15) is 6.92 Å². The van der Waals surface area contributed by atoms with Crippen molar-refractivity contribution in [3.63, 3.8) is 0 Å². The lowest BCUT2D eigenvalue weighted by molar-refractivity contribution is 0.168. The quantitative estimate of drug-likeness (QED) is 0.451. The number of nitrogens with one attached hydrogen (secondary N) is 3. The standard InChI is InChI=1S/C20H21ClN4O4S/c1-2-29-20(26)25-15-4-6-16(7-5-15)30(27,28)24-12-11-23-18-9-10-22-19-13-14(21)3-8-17(18)19/h3-10,13,24H,2,11-12H2,1H3,(H,22,23)(H,25,26). The van der Waals surface area contributed by atoms with Crippen molar-refractivity contribution in [2.45, 2.75) is 11.8 Å². The van der Waals surface area contributed by atoms with Gasteiger partial charge in [-0.2, -0.15) is 0 Å². The molecule has 0 spiro atoms. The predicted octanol–water partition coefficient (Wildman–Crippen LogP) is 3.85. The van der Waals surface area contributed by atoms with Crippen LogP contribution in [0.25, 0.3) is 10.9 Å². The molecular formula is C20H21ClN4O4S. The van der Waals surface area contributed by atoms with Crippen molar-refractivity contribution in [2.75, 3.05) is 30.3 Å². The summed E-state index contributed by atoms with van der Waals surface area (Å²) in [4.78, 5) is 15.8. The van der Waals surface area contributed by atoms with Crippen LogP contribution in [-0.4, -0.2) is 39.2 Å². The molecule has 3 N–H and O–H groups in total. The zero-order chi connectivity index (χ0) is 21.6. The summed E-state index contributed by atoms with van der Waals surface area (Å²) in [5.74, 6) is 0. The number of anilines is 2. The largest absolute Gasteiger partial charge is 0.450 e. The highest BCUT2D eigenvalue weighted by Gasteiger charge is 2.13. The molecule has 0 aliphatic carbocycles. The maximum Gasteiger partial charge on any atom is 0.411 e. The highest BCUT2D eigenvalue weighted by Crippen LogP contribution is 2.24. The molecule has 3 rings (SSSR count). The van der Waals surface area contributed by atoms with Crippen molar-refractivity contribution in [1.82, 2.24) is 9.71 Å². The van der Waals surface area contributed by atoms with Gasteiger partial charge in [-0.15, -0.1) is 0 Å². The first-order valence-corrected chi connectivity index (χ1v) is 11.1. The van der Waals surface area contributed by atoms with Gasteiger partial charge in [-0.25, -0.2) is 17.9 Å². The molecule has 10 heteroatoms. The third-order valence-electron chi connectivity index (χ3n) is 4.12. The van der Waals surface area contributed by atoms with E-state index in [2.05, 4.69) is 20.3 Å². The molecule has 0 saturated carbocycles. The molecule has 0 atom stereocenters. The average Bonchev–Trinajstić information content (AvgIpc) is 2.71. The van der Waals surface area contributed by atoms with Gasteiger partial charge in [0.05, 0.1) is 17.0 Å². The Morgan fingerprint density at radius 3 is 2.60 bits per heavy atom. The zero-order valence-corrected chi connectivity index (χ0v) is 17.8. The molecule has 1 aromatic heterocycles. The van der Waals surface area contributed by atoms with Gasteiger partial charge in [0, 0.05) is 41.1 Å². The van der Waals surface area contributed by atoms with Crippen LogP contribution in [0.5, 0.6) is 0 Å². The number of fused-ring (bicyclic) bond motifs is 1. The number of hydrogen-bond donors (Lipinski definition) is 3. The van der Waals surface area contributed by atoms with Gasteiger partial charge in [0.2, 0.25) is 10.0 Å². The van der Waals surface area contributed by atoms with Crippen LogP contribution < -0.4 is 15.4 Å². The number of sulfonamides is 1. The molecule has 1 heterocycles. The molecular weight excluding hydrogens is 428 g/mol. The van der Waals surface area contributed by atoms with Gasteiger partial charge in [0.15, 0.2) is 0 Å². The Bertz CT molecular complexity index is 1140. The molecule has 0 radical (unpaired) electrons. The molecule has 2 aromatic carbocycles. The number of benzene rings is 2. The number of nitrogens with zero attached hydrogens (tertiary/aromatic N) is 1. The Morgan fingerprint density at radius 2 is 1.87 bits per heavy atom. The molecule has 0 bridgehead atoms. The summed E-state index contributed by atoms with van der Waals surface area (Å²) in [6.07, 6.45) is 1.07. The topological polar surface area (TPSA) is 109 Å². The van der Waals surface area contributed by atoms with Crippen molar-refractivity contribution in [3.05, 3.63) is 59.8 Å². The molecule has 3 aromatic rings. The van der Waals surface area contributed by atoms with E-state index in [1.165, 1.54) is 24.3 Å². The summed E-state index contributed by atoms with van der Waals surface area (Å²) in [6, 6.07) is 13.1. The second kappa shape index (κ2) is 9.75. The molecule has 1 amide bonds. The van der Waals surface area contributed by atoms with Crippen LogP contribution in [0.2, 0.25) is 5.02 Å². The fourth-order valence-electron chi connectivity index (χ4n) is 2.74. The van der Waals surface area contributed by atoms with Crippen LogP contribution in [0.15, 0.2) is 59.6 Å². The number of pyridine rings is 1. The minimum Gasteiger partial charge on any atom is -0.450 e. The third-order valence-corrected chi connectivity index (χ3v) is 5.84. The van der Waals surface area contributed by atoms with Crippen LogP contribution in [0.3, 0.4) is 0 Å². The summed E-state index contributed by atoms with van der Waals surface area (Å²) in [6.45, 7) is 2.51. The smallest absolute Gasteiger partial charge is 0.411 e. The molecule has 0 aliphatic heterocycles. The molecule has 0 saturated heterocycles. The number of rotatable bonds is 8. The fourth-order valence-corrected chi connectivity index (χ4v) is 3.94. The number of aromatic nitrogens is 1. The summed E-state index contributed by atoms with van der Waals surface area (Å²) < 4.78 is 32.2. The van der Waals surface area contributed by atoms with Gasteiger partial charge in [-0.05, 0) is 55.5 Å². The Morgan fingerprint density at radius 1 is 1.10 bits per heavy atom. The lowest BCUT2D eigenvalue weighted by atomic mass is 10.2. The summed E-state index contributed by atoms with van der Waals surface area (Å²) in [7, 11) is -3.68. The molecule has 0 unspecified atom stereocenters. The number of carbonyl (C=O) groups excluding carboxylic acids is 1. The minimum absolute atomic E-state index is 0.0981. The SMILES string of the molecule is CCOC(=O)Nc1ccc(S(=O)(=O)NCCNc2ccnc3cc(Cl)ccc23)cc1. The number of ether oxygens (including phenoxy) is 1. The lowest BCUT2D eigenvalue weighted by Crippen LogP contribution is -2.29. The van der Waals surface area contributed by atoms with Crippen LogP contribution >= 0.6 is 11.6 Å². The normalized spacial score (nSPS) is 11.3. The van der Waals surface area contributed by atoms with E-state index in [1.54, 1.807) is 25.3 Å². The van der Waals surface area contributed by atoms with Crippen LogP contribution in [0.4, 0.5) is 16.2 Å². The number of amides is 1. The highest BCUT2D eigenvalue weighted by molar-refractivity contribution is 7.89. The second-order valence-electron chi connectivity index (χ2n) is 6.21. The van der Waals surface area contributed by atoms with Crippen molar-refractivity contribution in [1.29, 1.82) is 0 Å². The summed E-state index contributed by atoms with van der Waals surface area (Å²) in [5, 5.41) is 7.21. The average molecular weight is 449 g/mol. The van der Waals surface area contributed by atoms with Crippen molar-refractivity contribution in [2.24, 2.45) is 0 Å². The maximum atomic E-state index is 12.5. The van der Waals surface area contributed by atoms with E-state index in [-0.39, 0.29) is 18.0 Å². The predicted molar refractivity (Wildman–Crippen MR) is 118 cm³/mol. The Kier molecular flexibility index (Phi) is 7.09. The van der Waals surface area contributed by atoms with Gasteiger partial charge in [0.25, 0.3) is 0 Å². The first-order valence-electron chi connectivity index (χ1n) is 9.20. The highest BCUT2D eigenvalue weighted by atomic mass is 35.5.